The third-order valence-corrected chi connectivity index (χ3v) is 6.34. The molecule has 1 saturated heterocycles. The van der Waals surface area contributed by atoms with Gasteiger partial charge in [0.25, 0.3) is 0 Å². The van der Waals surface area contributed by atoms with Crippen LogP contribution in [0.2, 0.25) is 13.1 Å². The molecule has 0 radical (unpaired) electrons. The van der Waals surface area contributed by atoms with Crippen LogP contribution in [0.15, 0.2) is 0 Å². The van der Waals surface area contributed by atoms with Crippen LogP contribution in [0.1, 0.15) is 38.5 Å². The fourth-order valence-electron chi connectivity index (χ4n) is 2.38. The summed E-state index contributed by atoms with van der Waals surface area (Å²) in [7, 11) is -0.693. The molecule has 0 aromatic heterocycles. The Morgan fingerprint density at radius 3 is 2.57 bits per heavy atom. The number of hydrogen-bond acceptors (Lipinski definition) is 2. The lowest BCUT2D eigenvalue weighted by Crippen LogP contribution is -2.47. The largest absolute Gasteiger partial charge is 0.379 e. The summed E-state index contributed by atoms with van der Waals surface area (Å²) in [6.45, 7) is 6.67. The van der Waals surface area contributed by atoms with Gasteiger partial charge in [0.2, 0.25) is 0 Å². The Hall–Kier alpha value is 0.137. The Morgan fingerprint density at radius 1 is 1.29 bits per heavy atom. The Kier molecular flexibility index (Phi) is 5.13. The van der Waals surface area contributed by atoms with E-state index in [0.29, 0.717) is 5.22 Å². The van der Waals surface area contributed by atoms with E-state index in [9.17, 15) is 0 Å². The van der Waals surface area contributed by atoms with Crippen molar-refractivity contribution in [2.24, 2.45) is 5.73 Å². The number of unbranched alkanes of at least 4 members (excludes halogenated alkanes) is 1. The molecule has 2 N–H and O–H groups in total. The maximum Gasteiger partial charge on any atom is 0.0695 e. The first-order valence-corrected chi connectivity index (χ1v) is 8.94. The lowest BCUT2D eigenvalue weighted by atomic mass is 10.0. The molecule has 3 heteroatoms. The second-order valence-corrected chi connectivity index (χ2v) is 8.13. The fourth-order valence-corrected chi connectivity index (χ4v) is 4.40. The van der Waals surface area contributed by atoms with E-state index in [1.165, 1.54) is 32.1 Å². The lowest BCUT2D eigenvalue weighted by molar-refractivity contribution is -0.0290. The molecule has 0 aliphatic carbocycles. The van der Waals surface area contributed by atoms with E-state index < -0.39 is 8.80 Å². The molecule has 0 aromatic carbocycles. The first-order chi connectivity index (χ1) is 6.71. The van der Waals surface area contributed by atoms with Crippen molar-refractivity contribution < 1.29 is 4.74 Å². The highest BCUT2D eigenvalue weighted by Gasteiger charge is 2.36. The summed E-state index contributed by atoms with van der Waals surface area (Å²) in [5.74, 6) is 0. The Bertz CT molecular complexity index is 155. The smallest absolute Gasteiger partial charge is 0.0695 e. The second-order valence-electron chi connectivity index (χ2n) is 4.77. The van der Waals surface area contributed by atoms with Gasteiger partial charge in [-0.3, -0.25) is 0 Å². The van der Waals surface area contributed by atoms with Crippen molar-refractivity contribution in [1.82, 2.24) is 0 Å². The minimum absolute atomic E-state index is 0.313. The van der Waals surface area contributed by atoms with Crippen molar-refractivity contribution in [1.29, 1.82) is 0 Å². The quantitative estimate of drug-likeness (QED) is 0.563. The van der Waals surface area contributed by atoms with Gasteiger partial charge in [0, 0.05) is 6.61 Å². The summed E-state index contributed by atoms with van der Waals surface area (Å²) in [6.07, 6.45) is 7.61. The number of rotatable bonds is 5. The van der Waals surface area contributed by atoms with E-state index in [4.69, 9.17) is 10.5 Å². The zero-order valence-corrected chi connectivity index (χ0v) is 10.9. The van der Waals surface area contributed by atoms with Gasteiger partial charge in [-0.05, 0) is 45.1 Å². The molecule has 1 heterocycles. The van der Waals surface area contributed by atoms with Crippen molar-refractivity contribution in [3.05, 3.63) is 0 Å². The van der Waals surface area contributed by atoms with Gasteiger partial charge in [-0.2, -0.15) is 0 Å². The van der Waals surface area contributed by atoms with E-state index in [1.807, 2.05) is 0 Å². The van der Waals surface area contributed by atoms with Crippen LogP contribution in [0.4, 0.5) is 0 Å². The minimum atomic E-state index is -0.693. The summed E-state index contributed by atoms with van der Waals surface area (Å²) < 4.78 is 6.09. The predicted molar refractivity (Wildman–Crippen MR) is 64.3 cm³/mol. The van der Waals surface area contributed by atoms with Gasteiger partial charge in [-0.25, -0.2) is 0 Å². The number of ether oxygens (including phenoxy) is 1. The molecule has 1 aliphatic heterocycles. The highest BCUT2D eigenvalue weighted by molar-refractivity contribution is 6.59. The van der Waals surface area contributed by atoms with Crippen molar-refractivity contribution >= 4 is 8.80 Å². The highest BCUT2D eigenvalue weighted by atomic mass is 28.3. The van der Waals surface area contributed by atoms with Gasteiger partial charge in [0.05, 0.1) is 14.0 Å². The number of hydrogen-bond donors (Lipinski definition) is 1. The standard InChI is InChI=1S/C11H25NOSi/c1-14(2)11(7-3-5-9-12)8-4-6-10-13-11/h14H,3-10,12H2,1-2H3. The topological polar surface area (TPSA) is 35.2 Å². The van der Waals surface area contributed by atoms with E-state index >= 15 is 0 Å². The van der Waals surface area contributed by atoms with E-state index in [0.717, 1.165) is 19.6 Å². The van der Waals surface area contributed by atoms with Crippen molar-refractivity contribution in [2.45, 2.75) is 56.8 Å². The van der Waals surface area contributed by atoms with Crippen LogP contribution in [-0.2, 0) is 4.74 Å². The van der Waals surface area contributed by atoms with E-state index in [1.54, 1.807) is 0 Å². The fraction of sp³-hybridized carbons (Fsp3) is 1.00. The lowest BCUT2D eigenvalue weighted by Gasteiger charge is -2.40. The average Bonchev–Trinajstić information content (AvgIpc) is 2.19. The molecule has 2 nitrogen and oxygen atoms in total. The average molecular weight is 215 g/mol. The van der Waals surface area contributed by atoms with Gasteiger partial charge < -0.3 is 10.5 Å². The molecular formula is C11H25NOSi. The molecule has 1 rings (SSSR count). The molecule has 0 aromatic rings. The molecule has 1 atom stereocenters. The highest BCUT2D eigenvalue weighted by Crippen LogP contribution is 2.32. The van der Waals surface area contributed by atoms with Gasteiger partial charge in [0.15, 0.2) is 0 Å². The second kappa shape index (κ2) is 5.88. The van der Waals surface area contributed by atoms with Crippen LogP contribution in [0, 0.1) is 0 Å². The van der Waals surface area contributed by atoms with Crippen LogP contribution >= 0.6 is 0 Å². The number of nitrogens with two attached hydrogens (primary N) is 1. The zero-order chi connectivity index (χ0) is 10.4. The SMILES string of the molecule is C[SiH](C)C1(CCCCN)CCCCO1. The molecule has 0 saturated carbocycles. The van der Waals surface area contributed by atoms with E-state index in [-0.39, 0.29) is 0 Å². The molecule has 1 unspecified atom stereocenters. The third kappa shape index (κ3) is 3.07. The van der Waals surface area contributed by atoms with Gasteiger partial charge >= 0.3 is 0 Å². The van der Waals surface area contributed by atoms with Crippen molar-refractivity contribution in [3.63, 3.8) is 0 Å². The molecule has 1 aliphatic rings. The summed E-state index contributed by atoms with van der Waals surface area (Å²) in [5.41, 5.74) is 5.53. The summed E-state index contributed by atoms with van der Waals surface area (Å²) in [5, 5.41) is 0.313. The molecule has 0 bridgehead atoms. The van der Waals surface area contributed by atoms with Crippen LogP contribution < -0.4 is 5.73 Å². The minimum Gasteiger partial charge on any atom is -0.379 e. The Morgan fingerprint density at radius 2 is 2.07 bits per heavy atom. The Labute approximate surface area is 89.8 Å². The molecule has 84 valence electrons. The van der Waals surface area contributed by atoms with Gasteiger partial charge in [-0.15, -0.1) is 0 Å². The summed E-state index contributed by atoms with van der Waals surface area (Å²) in [6, 6.07) is 0. The summed E-state index contributed by atoms with van der Waals surface area (Å²) >= 11 is 0. The van der Waals surface area contributed by atoms with Crippen molar-refractivity contribution in [2.75, 3.05) is 13.2 Å². The van der Waals surface area contributed by atoms with Crippen molar-refractivity contribution in [3.8, 4) is 0 Å². The molecule has 0 amide bonds. The predicted octanol–water partition coefficient (Wildman–Crippen LogP) is 2.08. The third-order valence-electron chi connectivity index (χ3n) is 3.49. The molecule has 1 fully saturated rings. The zero-order valence-electron chi connectivity index (χ0n) is 9.72. The van der Waals surface area contributed by atoms with Crippen LogP contribution in [-0.4, -0.2) is 27.2 Å². The molecule has 0 spiro atoms. The van der Waals surface area contributed by atoms with E-state index in [2.05, 4.69) is 13.1 Å². The van der Waals surface area contributed by atoms with Crippen LogP contribution in [0.25, 0.3) is 0 Å². The Balaban J connectivity index is 2.43. The van der Waals surface area contributed by atoms with Crippen LogP contribution in [0.5, 0.6) is 0 Å². The van der Waals surface area contributed by atoms with Gasteiger partial charge in [0.1, 0.15) is 0 Å². The maximum atomic E-state index is 6.09. The molecule has 14 heavy (non-hydrogen) atoms. The van der Waals surface area contributed by atoms with Gasteiger partial charge in [-0.1, -0.05) is 13.1 Å². The summed E-state index contributed by atoms with van der Waals surface area (Å²) in [4.78, 5) is 0. The first-order valence-electron chi connectivity index (χ1n) is 6.05. The monoisotopic (exact) mass is 215 g/mol. The normalized spacial score (nSPS) is 28.3. The van der Waals surface area contributed by atoms with Crippen LogP contribution in [0.3, 0.4) is 0 Å². The maximum absolute atomic E-state index is 6.09. The molecular weight excluding hydrogens is 190 g/mol. The first kappa shape index (κ1) is 12.2.